The molecule has 1 saturated heterocycles. The van der Waals surface area contributed by atoms with E-state index in [1.807, 2.05) is 6.92 Å². The smallest absolute Gasteiger partial charge is 0.336 e. The van der Waals surface area contributed by atoms with Gasteiger partial charge >= 0.3 is 5.97 Å². The molecule has 1 amide bonds. The van der Waals surface area contributed by atoms with E-state index in [4.69, 9.17) is 9.84 Å². The van der Waals surface area contributed by atoms with Crippen LogP contribution in [0.3, 0.4) is 0 Å². The summed E-state index contributed by atoms with van der Waals surface area (Å²) in [5, 5.41) is 11.8. The first-order chi connectivity index (χ1) is 9.00. The van der Waals surface area contributed by atoms with Gasteiger partial charge in [0.15, 0.2) is 0 Å². The Labute approximate surface area is 111 Å². The van der Waals surface area contributed by atoms with Crippen LogP contribution in [0.4, 0.5) is 5.69 Å². The molecule has 0 radical (unpaired) electrons. The first kappa shape index (κ1) is 13.5. The molecule has 1 fully saturated rings. The van der Waals surface area contributed by atoms with Crippen molar-refractivity contribution in [3.8, 4) is 0 Å². The van der Waals surface area contributed by atoms with Gasteiger partial charge in [-0.25, -0.2) is 4.79 Å². The third kappa shape index (κ3) is 2.76. The van der Waals surface area contributed by atoms with E-state index in [9.17, 15) is 9.59 Å². The van der Waals surface area contributed by atoms with Gasteiger partial charge in [0, 0.05) is 12.3 Å². The lowest BCUT2D eigenvalue weighted by Gasteiger charge is -2.16. The fourth-order valence-corrected chi connectivity index (χ4v) is 2.30. The van der Waals surface area contributed by atoms with Crippen LogP contribution in [0.15, 0.2) is 18.2 Å². The van der Waals surface area contributed by atoms with Crippen molar-refractivity contribution >= 4 is 17.6 Å². The van der Waals surface area contributed by atoms with E-state index >= 15 is 0 Å². The average molecular weight is 263 g/mol. The molecule has 2 atom stereocenters. The van der Waals surface area contributed by atoms with Gasteiger partial charge in [0.05, 0.1) is 17.6 Å². The molecule has 1 aliphatic rings. The highest BCUT2D eigenvalue weighted by Crippen LogP contribution is 2.24. The van der Waals surface area contributed by atoms with Gasteiger partial charge in [-0.1, -0.05) is 6.07 Å². The Bertz CT molecular complexity index is 512. The number of nitrogens with one attached hydrogen (secondary N) is 1. The monoisotopic (exact) mass is 263 g/mol. The maximum absolute atomic E-state index is 12.1. The van der Waals surface area contributed by atoms with Gasteiger partial charge in [0.2, 0.25) is 5.91 Å². The number of carbonyl (C=O) groups excluding carboxylic acids is 1. The largest absolute Gasteiger partial charge is 0.478 e. The maximum Gasteiger partial charge on any atom is 0.336 e. The second kappa shape index (κ2) is 5.40. The number of hydrogen-bond donors (Lipinski definition) is 2. The van der Waals surface area contributed by atoms with Crippen LogP contribution in [0.5, 0.6) is 0 Å². The Morgan fingerprint density at radius 1 is 1.42 bits per heavy atom. The quantitative estimate of drug-likeness (QED) is 0.875. The summed E-state index contributed by atoms with van der Waals surface area (Å²) in [4.78, 5) is 23.2. The lowest BCUT2D eigenvalue weighted by molar-refractivity contribution is -0.121. The molecule has 5 heteroatoms. The van der Waals surface area contributed by atoms with E-state index in [0.717, 1.165) is 0 Å². The fraction of sp³-hybridized carbons (Fsp3) is 0.429. The Hall–Kier alpha value is -1.88. The highest BCUT2D eigenvalue weighted by atomic mass is 16.5. The van der Waals surface area contributed by atoms with Crippen LogP contribution in [0.2, 0.25) is 0 Å². The number of carboxylic acids is 1. The van der Waals surface area contributed by atoms with Crippen molar-refractivity contribution in [2.24, 2.45) is 5.92 Å². The molecule has 19 heavy (non-hydrogen) atoms. The summed E-state index contributed by atoms with van der Waals surface area (Å²) in [7, 11) is 0. The van der Waals surface area contributed by atoms with Crippen LogP contribution in [-0.4, -0.2) is 29.7 Å². The summed E-state index contributed by atoms with van der Waals surface area (Å²) in [5.74, 6) is -1.28. The summed E-state index contributed by atoms with van der Waals surface area (Å²) in [6, 6.07) is 4.86. The molecule has 0 aromatic heterocycles. The SMILES string of the molecule is Cc1c(NC(=O)C2CCOC2C)cccc1C(=O)O. The zero-order chi connectivity index (χ0) is 14.0. The predicted octanol–water partition coefficient (Wildman–Crippen LogP) is 2.06. The molecule has 2 N–H and O–H groups in total. The molecule has 0 bridgehead atoms. The van der Waals surface area contributed by atoms with Gasteiger partial charge in [0.1, 0.15) is 0 Å². The Kier molecular flexibility index (Phi) is 3.85. The molecule has 102 valence electrons. The lowest BCUT2D eigenvalue weighted by atomic mass is 10.0. The second-order valence-electron chi connectivity index (χ2n) is 4.74. The first-order valence-electron chi connectivity index (χ1n) is 6.26. The van der Waals surface area contributed by atoms with Gasteiger partial charge < -0.3 is 15.2 Å². The minimum atomic E-state index is -0.994. The number of ether oxygens (including phenoxy) is 1. The number of carboxylic acid groups (broad SMARTS) is 1. The van der Waals surface area contributed by atoms with Gasteiger partial charge in [-0.2, -0.15) is 0 Å². The molecular formula is C14H17NO4. The highest BCUT2D eigenvalue weighted by molar-refractivity contribution is 5.97. The van der Waals surface area contributed by atoms with Crippen LogP contribution in [-0.2, 0) is 9.53 Å². The number of benzene rings is 1. The van der Waals surface area contributed by atoms with E-state index in [1.165, 1.54) is 6.07 Å². The van der Waals surface area contributed by atoms with E-state index in [-0.39, 0.29) is 23.5 Å². The normalized spacial score (nSPS) is 22.2. The van der Waals surface area contributed by atoms with Crippen molar-refractivity contribution in [2.45, 2.75) is 26.4 Å². The van der Waals surface area contributed by atoms with Gasteiger partial charge in [-0.05, 0) is 38.0 Å². The zero-order valence-electron chi connectivity index (χ0n) is 11.0. The van der Waals surface area contributed by atoms with Crippen LogP contribution >= 0.6 is 0 Å². The molecule has 0 aliphatic carbocycles. The second-order valence-corrected chi connectivity index (χ2v) is 4.74. The Morgan fingerprint density at radius 3 is 2.74 bits per heavy atom. The van der Waals surface area contributed by atoms with E-state index in [1.54, 1.807) is 19.1 Å². The van der Waals surface area contributed by atoms with Crippen molar-refractivity contribution in [3.05, 3.63) is 29.3 Å². The van der Waals surface area contributed by atoms with Crippen molar-refractivity contribution in [1.82, 2.24) is 0 Å². The maximum atomic E-state index is 12.1. The fourth-order valence-electron chi connectivity index (χ4n) is 2.30. The number of carbonyl (C=O) groups is 2. The van der Waals surface area contributed by atoms with E-state index in [0.29, 0.717) is 24.3 Å². The van der Waals surface area contributed by atoms with Gasteiger partial charge in [0.25, 0.3) is 0 Å². The summed E-state index contributed by atoms with van der Waals surface area (Å²) >= 11 is 0. The van der Waals surface area contributed by atoms with Crippen molar-refractivity contribution < 1.29 is 19.4 Å². The lowest BCUT2D eigenvalue weighted by Crippen LogP contribution is -2.28. The first-order valence-corrected chi connectivity index (χ1v) is 6.26. The Morgan fingerprint density at radius 2 is 2.16 bits per heavy atom. The van der Waals surface area contributed by atoms with Crippen LogP contribution in [0.25, 0.3) is 0 Å². The number of anilines is 1. The van der Waals surface area contributed by atoms with Crippen LogP contribution < -0.4 is 5.32 Å². The van der Waals surface area contributed by atoms with Crippen molar-refractivity contribution in [1.29, 1.82) is 0 Å². The molecule has 0 spiro atoms. The van der Waals surface area contributed by atoms with Crippen LogP contribution in [0.1, 0.15) is 29.3 Å². The zero-order valence-corrected chi connectivity index (χ0v) is 11.0. The van der Waals surface area contributed by atoms with Gasteiger partial charge in [-0.3, -0.25) is 4.79 Å². The Balaban J connectivity index is 2.17. The third-order valence-electron chi connectivity index (χ3n) is 3.54. The molecule has 1 aromatic rings. The highest BCUT2D eigenvalue weighted by Gasteiger charge is 2.31. The number of hydrogen-bond acceptors (Lipinski definition) is 3. The summed E-state index contributed by atoms with van der Waals surface area (Å²) in [5.41, 5.74) is 1.31. The van der Waals surface area contributed by atoms with E-state index < -0.39 is 5.97 Å². The van der Waals surface area contributed by atoms with Crippen LogP contribution in [0, 0.1) is 12.8 Å². The minimum absolute atomic E-state index is 0.0945. The molecule has 1 aliphatic heterocycles. The minimum Gasteiger partial charge on any atom is -0.478 e. The number of aromatic carboxylic acids is 1. The van der Waals surface area contributed by atoms with Crippen molar-refractivity contribution in [3.63, 3.8) is 0 Å². The topological polar surface area (TPSA) is 75.6 Å². The molecule has 2 rings (SSSR count). The van der Waals surface area contributed by atoms with Crippen molar-refractivity contribution in [2.75, 3.05) is 11.9 Å². The molecular weight excluding hydrogens is 246 g/mol. The van der Waals surface area contributed by atoms with E-state index in [2.05, 4.69) is 5.32 Å². The summed E-state index contributed by atoms with van der Waals surface area (Å²) in [6.07, 6.45) is 0.605. The standard InChI is InChI=1S/C14H17NO4/c1-8-10(14(17)18)4-3-5-12(8)15-13(16)11-6-7-19-9(11)2/h3-5,9,11H,6-7H2,1-2H3,(H,15,16)(H,17,18). The van der Waals surface area contributed by atoms with Gasteiger partial charge in [-0.15, -0.1) is 0 Å². The average Bonchev–Trinajstić information content (AvgIpc) is 2.77. The summed E-state index contributed by atoms with van der Waals surface area (Å²) in [6.45, 7) is 4.15. The molecule has 0 saturated carbocycles. The molecule has 5 nitrogen and oxygen atoms in total. The molecule has 1 aromatic carbocycles. The number of rotatable bonds is 3. The summed E-state index contributed by atoms with van der Waals surface area (Å²) < 4.78 is 5.36. The molecule has 2 unspecified atom stereocenters. The third-order valence-corrected chi connectivity index (χ3v) is 3.54. The molecule has 1 heterocycles. The number of amides is 1. The predicted molar refractivity (Wildman–Crippen MR) is 70.3 cm³/mol.